The van der Waals surface area contributed by atoms with Crippen molar-refractivity contribution in [2.24, 2.45) is 0 Å². The zero-order valence-corrected chi connectivity index (χ0v) is 10.6. The van der Waals surface area contributed by atoms with Crippen LogP contribution in [0.3, 0.4) is 0 Å². The molecular weight excluding hydrogens is 260 g/mol. The first-order chi connectivity index (χ1) is 9.24. The maximum absolute atomic E-state index is 11.1. The Hall–Kier alpha value is -2.27. The third-order valence-electron chi connectivity index (χ3n) is 2.70. The lowest BCUT2D eigenvalue weighted by molar-refractivity contribution is 0.0698. The molecule has 5 heteroatoms. The minimum Gasteiger partial charge on any atom is -0.478 e. The second-order valence-electron chi connectivity index (χ2n) is 3.97. The molecule has 2 heterocycles. The molecule has 0 aliphatic carbocycles. The second kappa shape index (κ2) is 4.78. The van der Waals surface area contributed by atoms with Gasteiger partial charge in [0, 0.05) is 11.1 Å². The normalized spacial score (nSPS) is 10.7. The molecule has 94 valence electrons. The van der Waals surface area contributed by atoms with Crippen molar-refractivity contribution in [2.45, 2.75) is 9.92 Å². The zero-order chi connectivity index (χ0) is 13.2. The number of benzene rings is 1. The minimum atomic E-state index is -0.953. The molecule has 3 rings (SSSR count). The summed E-state index contributed by atoms with van der Waals surface area (Å²) in [6, 6.07) is 13.2. The lowest BCUT2D eigenvalue weighted by Crippen LogP contribution is -1.97. The number of carboxylic acid groups (broad SMARTS) is 1. The van der Waals surface area contributed by atoms with Crippen molar-refractivity contribution in [1.29, 1.82) is 0 Å². The van der Waals surface area contributed by atoms with Gasteiger partial charge in [0.15, 0.2) is 0 Å². The van der Waals surface area contributed by atoms with E-state index in [-0.39, 0.29) is 5.56 Å². The number of hydrogen-bond donors (Lipinski definition) is 2. The topological polar surface area (TPSA) is 66.0 Å². The largest absolute Gasteiger partial charge is 0.478 e. The van der Waals surface area contributed by atoms with Gasteiger partial charge in [-0.2, -0.15) is 0 Å². The number of pyridine rings is 1. The van der Waals surface area contributed by atoms with Gasteiger partial charge in [-0.15, -0.1) is 0 Å². The van der Waals surface area contributed by atoms with E-state index in [2.05, 4.69) is 9.97 Å². The van der Waals surface area contributed by atoms with Crippen LogP contribution in [-0.2, 0) is 0 Å². The van der Waals surface area contributed by atoms with Gasteiger partial charge in [-0.05, 0) is 24.3 Å². The van der Waals surface area contributed by atoms with Gasteiger partial charge < -0.3 is 10.1 Å². The monoisotopic (exact) mass is 270 g/mol. The van der Waals surface area contributed by atoms with Crippen LogP contribution in [-0.4, -0.2) is 21.0 Å². The highest BCUT2D eigenvalue weighted by molar-refractivity contribution is 7.99. The molecule has 0 unspecified atom stereocenters. The predicted molar refractivity (Wildman–Crippen MR) is 73.6 cm³/mol. The van der Waals surface area contributed by atoms with Gasteiger partial charge in [-0.25, -0.2) is 4.79 Å². The van der Waals surface area contributed by atoms with E-state index >= 15 is 0 Å². The predicted octanol–water partition coefficient (Wildman–Crippen LogP) is 3.41. The van der Waals surface area contributed by atoms with Crippen molar-refractivity contribution in [1.82, 2.24) is 9.97 Å². The molecule has 1 aromatic carbocycles. The molecule has 3 aromatic rings. The Kier molecular flexibility index (Phi) is 2.97. The summed E-state index contributed by atoms with van der Waals surface area (Å²) in [7, 11) is 0. The Morgan fingerprint density at radius 3 is 2.74 bits per heavy atom. The third kappa shape index (κ3) is 2.32. The molecular formula is C14H10N2O2S. The molecule has 4 nitrogen and oxygen atoms in total. The molecule has 0 aliphatic heterocycles. The van der Waals surface area contributed by atoms with Crippen LogP contribution in [0.15, 0.2) is 58.6 Å². The van der Waals surface area contributed by atoms with E-state index in [1.807, 2.05) is 36.4 Å². The first kappa shape index (κ1) is 11.8. The summed E-state index contributed by atoms with van der Waals surface area (Å²) in [5, 5.41) is 10.0. The van der Waals surface area contributed by atoms with Crippen molar-refractivity contribution in [3.8, 4) is 0 Å². The molecule has 0 radical (unpaired) electrons. The Bertz CT molecular complexity index is 738. The van der Waals surface area contributed by atoms with Crippen LogP contribution in [0.25, 0.3) is 11.0 Å². The van der Waals surface area contributed by atoms with Crippen molar-refractivity contribution in [2.75, 3.05) is 0 Å². The fraction of sp³-hybridized carbons (Fsp3) is 0. The third-order valence-corrected chi connectivity index (χ3v) is 3.65. The summed E-state index contributed by atoms with van der Waals surface area (Å²) < 4.78 is 0. The maximum Gasteiger partial charge on any atom is 0.337 e. The number of carbonyl (C=O) groups is 1. The van der Waals surface area contributed by atoms with Crippen LogP contribution in [0.1, 0.15) is 10.4 Å². The molecule has 0 atom stereocenters. The van der Waals surface area contributed by atoms with E-state index < -0.39 is 5.97 Å². The first-order valence-electron chi connectivity index (χ1n) is 5.68. The fourth-order valence-corrected chi connectivity index (χ4v) is 2.72. The summed E-state index contributed by atoms with van der Waals surface area (Å²) in [6.07, 6.45) is 1.51. The van der Waals surface area contributed by atoms with Crippen molar-refractivity contribution in [3.05, 3.63) is 54.2 Å². The van der Waals surface area contributed by atoms with Crippen LogP contribution in [0.4, 0.5) is 0 Å². The van der Waals surface area contributed by atoms with Gasteiger partial charge >= 0.3 is 5.97 Å². The second-order valence-corrected chi connectivity index (χ2v) is 5.09. The summed E-state index contributed by atoms with van der Waals surface area (Å²) >= 11 is 1.55. The number of rotatable bonds is 3. The van der Waals surface area contributed by atoms with E-state index in [0.717, 1.165) is 9.92 Å². The summed E-state index contributed by atoms with van der Waals surface area (Å²) in [5.41, 5.74) is 1.47. The number of fused-ring (bicyclic) bond motifs is 1. The smallest absolute Gasteiger partial charge is 0.337 e. The van der Waals surface area contributed by atoms with Crippen LogP contribution in [0.5, 0.6) is 0 Å². The molecule has 0 amide bonds. The van der Waals surface area contributed by atoms with E-state index in [0.29, 0.717) is 11.0 Å². The highest BCUT2D eigenvalue weighted by Crippen LogP contribution is 2.29. The average Bonchev–Trinajstić information content (AvgIpc) is 2.81. The molecule has 2 N–H and O–H groups in total. The number of H-pyrrole nitrogens is 1. The standard InChI is InChI=1S/C14H10N2O2S/c17-14(18)10-6-7-15-11-8-12(16-13(10)11)19-9-4-2-1-3-5-9/h1-8,16H,(H,17,18). The number of nitrogens with one attached hydrogen (secondary N) is 1. The Labute approximate surface area is 113 Å². The quantitative estimate of drug-likeness (QED) is 0.765. The summed E-state index contributed by atoms with van der Waals surface area (Å²) in [6.45, 7) is 0. The van der Waals surface area contributed by atoms with E-state index in [1.54, 1.807) is 11.8 Å². The molecule has 0 aliphatic rings. The van der Waals surface area contributed by atoms with E-state index in [4.69, 9.17) is 5.11 Å². The lowest BCUT2D eigenvalue weighted by Gasteiger charge is -1.97. The zero-order valence-electron chi connectivity index (χ0n) is 9.83. The minimum absolute atomic E-state index is 0.241. The van der Waals surface area contributed by atoms with Gasteiger partial charge in [0.1, 0.15) is 0 Å². The molecule has 0 saturated heterocycles. The first-order valence-corrected chi connectivity index (χ1v) is 6.49. The number of aromatic amines is 1. The van der Waals surface area contributed by atoms with Gasteiger partial charge in [-0.1, -0.05) is 30.0 Å². The Morgan fingerprint density at radius 1 is 1.21 bits per heavy atom. The van der Waals surface area contributed by atoms with Gasteiger partial charge in [-0.3, -0.25) is 4.98 Å². The molecule has 0 bridgehead atoms. The molecule has 2 aromatic heterocycles. The lowest BCUT2D eigenvalue weighted by atomic mass is 10.2. The Morgan fingerprint density at radius 2 is 2.00 bits per heavy atom. The van der Waals surface area contributed by atoms with E-state index in [9.17, 15) is 4.79 Å². The van der Waals surface area contributed by atoms with E-state index in [1.165, 1.54) is 12.3 Å². The SMILES string of the molecule is O=C(O)c1ccnc2cc(Sc3ccccc3)[nH]c12. The fourth-order valence-electron chi connectivity index (χ4n) is 1.85. The highest BCUT2D eigenvalue weighted by Gasteiger charge is 2.12. The molecule has 0 spiro atoms. The Balaban J connectivity index is 2.03. The van der Waals surface area contributed by atoms with Crippen molar-refractivity contribution in [3.63, 3.8) is 0 Å². The maximum atomic E-state index is 11.1. The highest BCUT2D eigenvalue weighted by atomic mass is 32.2. The van der Waals surface area contributed by atoms with Crippen molar-refractivity contribution < 1.29 is 9.90 Å². The van der Waals surface area contributed by atoms with Crippen LogP contribution < -0.4 is 0 Å². The van der Waals surface area contributed by atoms with Crippen LogP contribution in [0.2, 0.25) is 0 Å². The van der Waals surface area contributed by atoms with Crippen molar-refractivity contribution >= 4 is 28.8 Å². The number of carboxylic acids is 1. The average molecular weight is 270 g/mol. The number of nitrogens with zero attached hydrogens (tertiary/aromatic N) is 1. The number of aromatic nitrogens is 2. The van der Waals surface area contributed by atoms with Gasteiger partial charge in [0.25, 0.3) is 0 Å². The van der Waals surface area contributed by atoms with Gasteiger partial charge in [0.2, 0.25) is 0 Å². The number of aromatic carboxylic acids is 1. The van der Waals surface area contributed by atoms with Gasteiger partial charge in [0.05, 0.1) is 21.6 Å². The number of hydrogen-bond acceptors (Lipinski definition) is 3. The van der Waals surface area contributed by atoms with Crippen LogP contribution >= 0.6 is 11.8 Å². The van der Waals surface area contributed by atoms with Crippen LogP contribution in [0, 0.1) is 0 Å². The molecule has 0 saturated carbocycles. The summed E-state index contributed by atoms with van der Waals surface area (Å²) in [4.78, 5) is 19.5. The molecule has 19 heavy (non-hydrogen) atoms. The molecule has 0 fully saturated rings. The summed E-state index contributed by atoms with van der Waals surface area (Å²) in [5.74, 6) is -0.953.